The van der Waals surface area contributed by atoms with Crippen molar-refractivity contribution in [3.63, 3.8) is 0 Å². The molecule has 0 unspecified atom stereocenters. The summed E-state index contributed by atoms with van der Waals surface area (Å²) < 4.78 is 0. The van der Waals surface area contributed by atoms with Crippen molar-refractivity contribution in [3.05, 3.63) is 53.9 Å². The summed E-state index contributed by atoms with van der Waals surface area (Å²) in [6, 6.07) is 7.69. The second-order valence-corrected chi connectivity index (χ2v) is 5.58. The molecule has 0 aliphatic carbocycles. The molecule has 1 aromatic heterocycles. The van der Waals surface area contributed by atoms with E-state index in [4.69, 9.17) is 0 Å². The Morgan fingerprint density at radius 3 is 2.45 bits per heavy atom. The molecule has 5 nitrogen and oxygen atoms in total. The molecule has 2 rings (SSSR count). The van der Waals surface area contributed by atoms with Crippen molar-refractivity contribution in [2.24, 2.45) is 5.92 Å². The van der Waals surface area contributed by atoms with Crippen LogP contribution in [-0.2, 0) is 0 Å². The van der Waals surface area contributed by atoms with Gasteiger partial charge in [0.25, 0.3) is 5.91 Å². The van der Waals surface area contributed by atoms with E-state index in [0.717, 1.165) is 5.56 Å². The number of nitrogens with zero attached hydrogens (tertiary/aromatic N) is 1. The number of amides is 1. The SMILES string of the molecule is CC(C)[C@@H](CNC(=O)c1cc(O)cc(O)c1)c1cccnc1. The van der Waals surface area contributed by atoms with E-state index >= 15 is 0 Å². The van der Waals surface area contributed by atoms with Crippen LogP contribution in [0.3, 0.4) is 0 Å². The summed E-state index contributed by atoms with van der Waals surface area (Å²) in [6.07, 6.45) is 3.52. The van der Waals surface area contributed by atoms with Crippen LogP contribution in [0.4, 0.5) is 0 Å². The lowest BCUT2D eigenvalue weighted by Gasteiger charge is -2.21. The molecule has 2 aromatic rings. The summed E-state index contributed by atoms with van der Waals surface area (Å²) in [7, 11) is 0. The zero-order valence-corrected chi connectivity index (χ0v) is 12.7. The van der Waals surface area contributed by atoms with Crippen molar-refractivity contribution in [1.82, 2.24) is 10.3 Å². The molecule has 0 radical (unpaired) electrons. The minimum atomic E-state index is -0.333. The van der Waals surface area contributed by atoms with Gasteiger partial charge in [-0.2, -0.15) is 0 Å². The van der Waals surface area contributed by atoms with Crippen LogP contribution in [0.5, 0.6) is 11.5 Å². The molecule has 1 aromatic carbocycles. The van der Waals surface area contributed by atoms with E-state index in [2.05, 4.69) is 24.1 Å². The van der Waals surface area contributed by atoms with E-state index < -0.39 is 0 Å². The summed E-state index contributed by atoms with van der Waals surface area (Å²) in [5, 5.41) is 21.7. The number of pyridine rings is 1. The molecule has 0 aliphatic rings. The molecule has 1 amide bonds. The smallest absolute Gasteiger partial charge is 0.251 e. The summed E-state index contributed by atoms with van der Waals surface area (Å²) in [6.45, 7) is 4.63. The Hall–Kier alpha value is -2.56. The molecule has 1 heterocycles. The van der Waals surface area contributed by atoms with Gasteiger partial charge < -0.3 is 15.5 Å². The highest BCUT2D eigenvalue weighted by molar-refractivity contribution is 5.95. The fourth-order valence-corrected chi connectivity index (χ4v) is 2.36. The molecule has 0 saturated carbocycles. The average Bonchev–Trinajstić information content (AvgIpc) is 2.47. The second-order valence-electron chi connectivity index (χ2n) is 5.58. The van der Waals surface area contributed by atoms with Crippen molar-refractivity contribution in [2.75, 3.05) is 6.54 Å². The monoisotopic (exact) mass is 300 g/mol. The van der Waals surface area contributed by atoms with Crippen molar-refractivity contribution in [2.45, 2.75) is 19.8 Å². The van der Waals surface area contributed by atoms with Gasteiger partial charge in [-0.05, 0) is 29.7 Å². The Morgan fingerprint density at radius 2 is 1.91 bits per heavy atom. The first-order valence-electron chi connectivity index (χ1n) is 7.18. The Labute approximate surface area is 129 Å². The molecule has 0 fully saturated rings. The number of aromatic nitrogens is 1. The third kappa shape index (κ3) is 3.97. The zero-order chi connectivity index (χ0) is 16.1. The fourth-order valence-electron chi connectivity index (χ4n) is 2.36. The standard InChI is InChI=1S/C17H20N2O3/c1-11(2)16(12-4-3-5-18-9-12)10-19-17(22)13-6-14(20)8-15(21)7-13/h3-9,11,16,20-21H,10H2,1-2H3,(H,19,22)/t16-/m1/s1. The maximum absolute atomic E-state index is 12.2. The molecule has 0 saturated heterocycles. The van der Waals surface area contributed by atoms with E-state index in [1.807, 2.05) is 12.1 Å². The lowest BCUT2D eigenvalue weighted by atomic mass is 9.89. The number of phenols is 2. The van der Waals surface area contributed by atoms with Crippen LogP contribution in [0.25, 0.3) is 0 Å². The molecule has 22 heavy (non-hydrogen) atoms. The number of benzene rings is 1. The first kappa shape index (κ1) is 15.8. The van der Waals surface area contributed by atoms with E-state index in [9.17, 15) is 15.0 Å². The van der Waals surface area contributed by atoms with Crippen LogP contribution >= 0.6 is 0 Å². The topological polar surface area (TPSA) is 82.5 Å². The number of carbonyl (C=O) groups is 1. The van der Waals surface area contributed by atoms with Gasteiger partial charge >= 0.3 is 0 Å². The number of hydrogen-bond donors (Lipinski definition) is 3. The van der Waals surface area contributed by atoms with Gasteiger partial charge in [-0.25, -0.2) is 0 Å². The summed E-state index contributed by atoms with van der Waals surface area (Å²) >= 11 is 0. The van der Waals surface area contributed by atoms with Gasteiger partial charge in [0.15, 0.2) is 0 Å². The highest BCUT2D eigenvalue weighted by atomic mass is 16.3. The summed E-state index contributed by atoms with van der Waals surface area (Å²) in [5.74, 6) is -0.137. The van der Waals surface area contributed by atoms with Gasteiger partial charge in [0.05, 0.1) is 0 Å². The van der Waals surface area contributed by atoms with Crippen LogP contribution in [0.1, 0.15) is 35.7 Å². The second kappa shape index (κ2) is 6.93. The minimum Gasteiger partial charge on any atom is -0.508 e. The predicted octanol–water partition coefficient (Wildman–Crippen LogP) is 2.66. The van der Waals surface area contributed by atoms with Crippen LogP contribution in [0, 0.1) is 5.92 Å². The molecule has 0 spiro atoms. The number of rotatable bonds is 5. The Kier molecular flexibility index (Phi) is 4.99. The average molecular weight is 300 g/mol. The van der Waals surface area contributed by atoms with Gasteiger partial charge in [0.1, 0.15) is 11.5 Å². The molecular formula is C17H20N2O3. The molecule has 5 heteroatoms. The first-order valence-corrected chi connectivity index (χ1v) is 7.18. The number of aromatic hydroxyl groups is 2. The minimum absolute atomic E-state index is 0.141. The Morgan fingerprint density at radius 1 is 1.23 bits per heavy atom. The van der Waals surface area contributed by atoms with Crippen LogP contribution < -0.4 is 5.32 Å². The third-order valence-electron chi connectivity index (χ3n) is 3.56. The van der Waals surface area contributed by atoms with Gasteiger partial charge in [0, 0.05) is 36.5 Å². The lowest BCUT2D eigenvalue weighted by molar-refractivity contribution is 0.0948. The van der Waals surface area contributed by atoms with Gasteiger partial charge in [-0.3, -0.25) is 9.78 Å². The van der Waals surface area contributed by atoms with Crippen molar-refractivity contribution in [1.29, 1.82) is 0 Å². The fraction of sp³-hybridized carbons (Fsp3) is 0.294. The Bertz CT molecular complexity index is 621. The summed E-state index contributed by atoms with van der Waals surface area (Å²) in [5.41, 5.74) is 1.29. The van der Waals surface area contributed by atoms with Crippen molar-refractivity contribution in [3.8, 4) is 11.5 Å². The van der Waals surface area contributed by atoms with Crippen LogP contribution in [0.15, 0.2) is 42.7 Å². The zero-order valence-electron chi connectivity index (χ0n) is 12.7. The highest BCUT2D eigenvalue weighted by Crippen LogP contribution is 2.24. The number of phenolic OH excluding ortho intramolecular Hbond substituents is 2. The van der Waals surface area contributed by atoms with E-state index in [0.29, 0.717) is 12.5 Å². The molecule has 0 bridgehead atoms. The highest BCUT2D eigenvalue weighted by Gasteiger charge is 2.18. The molecule has 1 atom stereocenters. The normalized spacial score (nSPS) is 12.1. The van der Waals surface area contributed by atoms with Gasteiger partial charge in [0.2, 0.25) is 0 Å². The molecular weight excluding hydrogens is 280 g/mol. The maximum Gasteiger partial charge on any atom is 0.251 e. The predicted molar refractivity (Wildman–Crippen MR) is 83.9 cm³/mol. The first-order chi connectivity index (χ1) is 10.5. The molecule has 0 aliphatic heterocycles. The van der Waals surface area contributed by atoms with E-state index in [1.54, 1.807) is 12.4 Å². The molecule has 3 N–H and O–H groups in total. The van der Waals surface area contributed by atoms with E-state index in [-0.39, 0.29) is 28.9 Å². The quantitative estimate of drug-likeness (QED) is 0.793. The summed E-state index contributed by atoms with van der Waals surface area (Å²) in [4.78, 5) is 16.3. The largest absolute Gasteiger partial charge is 0.508 e. The number of nitrogens with one attached hydrogen (secondary N) is 1. The van der Waals surface area contributed by atoms with Crippen LogP contribution in [0.2, 0.25) is 0 Å². The van der Waals surface area contributed by atoms with Gasteiger partial charge in [-0.15, -0.1) is 0 Å². The van der Waals surface area contributed by atoms with Crippen molar-refractivity contribution < 1.29 is 15.0 Å². The Balaban J connectivity index is 2.08. The van der Waals surface area contributed by atoms with Crippen molar-refractivity contribution >= 4 is 5.91 Å². The lowest BCUT2D eigenvalue weighted by Crippen LogP contribution is -2.30. The van der Waals surface area contributed by atoms with Crippen LogP contribution in [-0.4, -0.2) is 27.6 Å². The maximum atomic E-state index is 12.2. The third-order valence-corrected chi connectivity index (χ3v) is 3.56. The number of carbonyl (C=O) groups excluding carboxylic acids is 1. The van der Waals surface area contributed by atoms with E-state index in [1.165, 1.54) is 18.2 Å². The number of hydrogen-bond acceptors (Lipinski definition) is 4. The molecule has 116 valence electrons. The van der Waals surface area contributed by atoms with Gasteiger partial charge in [-0.1, -0.05) is 19.9 Å².